The molecule has 1 N–H and O–H groups in total. The number of pyridine rings is 1. The lowest BCUT2D eigenvalue weighted by Gasteiger charge is -2.33. The minimum atomic E-state index is -0.674. The molecule has 2 fully saturated rings. The van der Waals surface area contributed by atoms with Crippen LogP contribution < -0.4 is 5.32 Å². The third-order valence-corrected chi connectivity index (χ3v) is 5.22. The maximum Gasteiger partial charge on any atom is 0.326 e. The maximum absolute atomic E-state index is 12.8. The van der Waals surface area contributed by atoms with Crippen LogP contribution in [-0.4, -0.2) is 46.0 Å². The van der Waals surface area contributed by atoms with Gasteiger partial charge in [-0.25, -0.2) is 14.7 Å². The molecule has 1 saturated heterocycles. The van der Waals surface area contributed by atoms with E-state index in [0.29, 0.717) is 17.6 Å². The number of hydrogen-bond donors (Lipinski definition) is 1. The number of carbonyl (C=O) groups excluding carboxylic acids is 2. The van der Waals surface area contributed by atoms with Crippen molar-refractivity contribution >= 4 is 23.5 Å². The smallest absolute Gasteiger partial charge is 0.323 e. The van der Waals surface area contributed by atoms with Gasteiger partial charge in [0, 0.05) is 12.7 Å². The van der Waals surface area contributed by atoms with Crippen LogP contribution in [-0.2, 0) is 11.3 Å². The number of imide groups is 1. The van der Waals surface area contributed by atoms with Crippen LogP contribution in [0.5, 0.6) is 0 Å². The van der Waals surface area contributed by atoms with E-state index in [9.17, 15) is 9.59 Å². The van der Waals surface area contributed by atoms with Crippen LogP contribution >= 0.6 is 11.6 Å². The van der Waals surface area contributed by atoms with Gasteiger partial charge in [0.15, 0.2) is 0 Å². The molecule has 1 aromatic heterocycles. The van der Waals surface area contributed by atoms with Crippen LogP contribution in [0.1, 0.15) is 38.2 Å². The molecule has 24 heavy (non-hydrogen) atoms. The summed E-state index contributed by atoms with van der Waals surface area (Å²) in [6.07, 6.45) is 5.13. The lowest BCUT2D eigenvalue weighted by atomic mass is 9.77. The first-order valence-electron chi connectivity index (χ1n) is 8.33. The fraction of sp³-hybridized carbons (Fsp3) is 0.588. The topological polar surface area (TPSA) is 65.5 Å². The Balaban J connectivity index is 1.63. The molecule has 0 atom stereocenters. The Kier molecular flexibility index (Phi) is 4.78. The van der Waals surface area contributed by atoms with Crippen molar-refractivity contribution in [2.24, 2.45) is 5.92 Å². The molecule has 3 rings (SSSR count). The van der Waals surface area contributed by atoms with Crippen molar-refractivity contribution in [2.45, 2.75) is 44.7 Å². The zero-order valence-corrected chi connectivity index (χ0v) is 14.8. The summed E-state index contributed by atoms with van der Waals surface area (Å²) in [5.41, 5.74) is 0.307. The van der Waals surface area contributed by atoms with Gasteiger partial charge in [-0.05, 0) is 50.3 Å². The zero-order valence-electron chi connectivity index (χ0n) is 14.1. The Labute approximate surface area is 147 Å². The van der Waals surface area contributed by atoms with Gasteiger partial charge < -0.3 is 5.32 Å². The van der Waals surface area contributed by atoms with Crippen LogP contribution in [0.25, 0.3) is 0 Å². The van der Waals surface area contributed by atoms with Crippen molar-refractivity contribution in [1.29, 1.82) is 0 Å². The molecule has 1 aromatic rings. The Hall–Kier alpha value is -1.66. The van der Waals surface area contributed by atoms with Crippen LogP contribution in [0.2, 0.25) is 5.15 Å². The largest absolute Gasteiger partial charge is 0.326 e. The number of urea groups is 1. The zero-order chi connectivity index (χ0) is 17.3. The molecular weight excluding hydrogens is 328 g/mol. The van der Waals surface area contributed by atoms with Crippen LogP contribution in [0.3, 0.4) is 0 Å². The first-order chi connectivity index (χ1) is 11.4. The average molecular weight is 351 g/mol. The summed E-state index contributed by atoms with van der Waals surface area (Å²) in [4.78, 5) is 32.4. The number of aromatic nitrogens is 1. The predicted molar refractivity (Wildman–Crippen MR) is 91.3 cm³/mol. The summed E-state index contributed by atoms with van der Waals surface area (Å²) in [7, 11) is 1.88. The van der Waals surface area contributed by atoms with E-state index in [-0.39, 0.29) is 18.6 Å². The van der Waals surface area contributed by atoms with E-state index in [0.717, 1.165) is 31.2 Å². The highest BCUT2D eigenvalue weighted by Gasteiger charge is 2.52. The molecular formula is C17H23ClN4O2. The van der Waals surface area contributed by atoms with Crippen molar-refractivity contribution in [1.82, 2.24) is 20.1 Å². The van der Waals surface area contributed by atoms with Gasteiger partial charge in [-0.2, -0.15) is 0 Å². The summed E-state index contributed by atoms with van der Waals surface area (Å²) >= 11 is 5.79. The monoisotopic (exact) mass is 350 g/mol. The van der Waals surface area contributed by atoms with Gasteiger partial charge in [0.25, 0.3) is 5.91 Å². The summed E-state index contributed by atoms with van der Waals surface area (Å²) < 4.78 is 0. The average Bonchev–Trinajstić information content (AvgIpc) is 2.77. The molecule has 0 bridgehead atoms. The minimum absolute atomic E-state index is 0.0829. The number of nitrogens with zero attached hydrogens (tertiary/aromatic N) is 3. The lowest BCUT2D eigenvalue weighted by Crippen LogP contribution is -2.49. The Morgan fingerprint density at radius 1 is 1.38 bits per heavy atom. The molecule has 2 heterocycles. The second kappa shape index (κ2) is 6.69. The SMILES string of the molecule is CC1CCC2(CC1)NC(=O)N(CN(C)Cc1ccc(Cl)nc1)C2=O. The highest BCUT2D eigenvalue weighted by molar-refractivity contribution is 6.29. The Bertz CT molecular complexity index is 626. The standard InChI is InChI=1S/C17H23ClN4O2/c1-12-5-7-17(8-6-12)15(23)22(16(24)20-17)11-21(2)10-13-3-4-14(18)19-9-13/h3-4,9,12H,5-8,10-11H2,1-2H3,(H,20,24). The Morgan fingerprint density at radius 3 is 2.71 bits per heavy atom. The molecule has 3 amide bonds. The molecule has 1 saturated carbocycles. The van der Waals surface area contributed by atoms with E-state index in [1.165, 1.54) is 4.90 Å². The van der Waals surface area contributed by atoms with E-state index >= 15 is 0 Å². The molecule has 2 aliphatic rings. The van der Waals surface area contributed by atoms with E-state index < -0.39 is 5.54 Å². The number of halogens is 1. The van der Waals surface area contributed by atoms with Gasteiger partial charge >= 0.3 is 6.03 Å². The second-order valence-electron chi connectivity index (χ2n) is 7.07. The predicted octanol–water partition coefficient (Wildman–Crippen LogP) is 2.63. The first kappa shape index (κ1) is 17.2. The lowest BCUT2D eigenvalue weighted by molar-refractivity contribution is -0.134. The number of hydrogen-bond acceptors (Lipinski definition) is 4. The summed E-state index contributed by atoms with van der Waals surface area (Å²) in [5, 5.41) is 3.40. The van der Waals surface area contributed by atoms with E-state index in [4.69, 9.17) is 11.6 Å². The van der Waals surface area contributed by atoms with Crippen LogP contribution in [0.4, 0.5) is 4.79 Å². The molecule has 1 spiro atoms. The van der Waals surface area contributed by atoms with E-state index in [1.54, 1.807) is 12.3 Å². The number of amides is 3. The van der Waals surface area contributed by atoms with Crippen molar-refractivity contribution in [3.63, 3.8) is 0 Å². The van der Waals surface area contributed by atoms with Gasteiger partial charge in [-0.1, -0.05) is 24.6 Å². The van der Waals surface area contributed by atoms with Crippen molar-refractivity contribution in [2.75, 3.05) is 13.7 Å². The molecule has 0 aromatic carbocycles. The third-order valence-electron chi connectivity index (χ3n) is 5.00. The van der Waals surface area contributed by atoms with Crippen molar-refractivity contribution in [3.8, 4) is 0 Å². The summed E-state index contributed by atoms with van der Waals surface area (Å²) in [5.74, 6) is 0.537. The maximum atomic E-state index is 12.8. The van der Waals surface area contributed by atoms with Crippen molar-refractivity contribution < 1.29 is 9.59 Å². The quantitative estimate of drug-likeness (QED) is 0.669. The normalized spacial score (nSPS) is 27.2. The van der Waals surface area contributed by atoms with Gasteiger partial charge in [-0.3, -0.25) is 9.69 Å². The molecule has 0 radical (unpaired) electrons. The van der Waals surface area contributed by atoms with Gasteiger partial charge in [0.1, 0.15) is 10.7 Å². The van der Waals surface area contributed by atoms with Crippen LogP contribution in [0.15, 0.2) is 18.3 Å². The summed E-state index contributed by atoms with van der Waals surface area (Å²) in [6, 6.07) is 3.34. The van der Waals surface area contributed by atoms with E-state index in [1.807, 2.05) is 18.0 Å². The number of carbonyl (C=O) groups is 2. The molecule has 1 aliphatic carbocycles. The molecule has 6 nitrogen and oxygen atoms in total. The fourth-order valence-electron chi connectivity index (χ4n) is 3.50. The molecule has 130 valence electrons. The first-order valence-corrected chi connectivity index (χ1v) is 8.70. The highest BCUT2D eigenvalue weighted by atomic mass is 35.5. The minimum Gasteiger partial charge on any atom is -0.323 e. The molecule has 7 heteroatoms. The van der Waals surface area contributed by atoms with Crippen molar-refractivity contribution in [3.05, 3.63) is 29.0 Å². The molecule has 0 unspecified atom stereocenters. The summed E-state index contributed by atoms with van der Waals surface area (Å²) in [6.45, 7) is 3.05. The Morgan fingerprint density at radius 2 is 2.08 bits per heavy atom. The van der Waals surface area contributed by atoms with Gasteiger partial charge in [0.05, 0.1) is 6.67 Å². The second-order valence-corrected chi connectivity index (χ2v) is 7.46. The highest BCUT2D eigenvalue weighted by Crippen LogP contribution is 2.36. The number of rotatable bonds is 4. The molecule has 1 aliphatic heterocycles. The fourth-order valence-corrected chi connectivity index (χ4v) is 3.61. The van der Waals surface area contributed by atoms with E-state index in [2.05, 4.69) is 17.2 Å². The van der Waals surface area contributed by atoms with Crippen LogP contribution in [0, 0.1) is 5.92 Å². The number of nitrogens with one attached hydrogen (secondary N) is 1. The van der Waals surface area contributed by atoms with Gasteiger partial charge in [0.2, 0.25) is 0 Å². The van der Waals surface area contributed by atoms with Gasteiger partial charge in [-0.15, -0.1) is 0 Å². The third kappa shape index (κ3) is 3.39.